The predicted octanol–water partition coefficient (Wildman–Crippen LogP) is 1.14. The maximum absolute atomic E-state index is 12.4. The van der Waals surface area contributed by atoms with Crippen LogP contribution in [-0.2, 0) is 9.53 Å². The van der Waals surface area contributed by atoms with Crippen LogP contribution < -0.4 is 5.73 Å². The second-order valence-electron chi connectivity index (χ2n) is 5.38. The molecule has 98 valence electrons. The van der Waals surface area contributed by atoms with Crippen LogP contribution in [0.1, 0.15) is 39.0 Å². The summed E-state index contributed by atoms with van der Waals surface area (Å²) in [6.45, 7) is 3.92. The summed E-state index contributed by atoms with van der Waals surface area (Å²) in [6, 6.07) is 0. The average molecular weight is 240 g/mol. The van der Waals surface area contributed by atoms with Crippen molar-refractivity contribution in [3.8, 4) is 0 Å². The molecule has 2 N–H and O–H groups in total. The van der Waals surface area contributed by atoms with Gasteiger partial charge in [-0.2, -0.15) is 0 Å². The minimum atomic E-state index is 0.0197. The zero-order chi connectivity index (χ0) is 12.3. The van der Waals surface area contributed by atoms with Gasteiger partial charge in [0, 0.05) is 25.6 Å². The molecule has 4 nitrogen and oxygen atoms in total. The van der Waals surface area contributed by atoms with Gasteiger partial charge in [-0.15, -0.1) is 0 Å². The molecule has 0 radical (unpaired) electrons. The number of carbonyl (C=O) groups excluding carboxylic acids is 1. The van der Waals surface area contributed by atoms with Gasteiger partial charge < -0.3 is 15.4 Å². The van der Waals surface area contributed by atoms with Crippen LogP contribution in [0.3, 0.4) is 0 Å². The Morgan fingerprint density at radius 1 is 1.29 bits per heavy atom. The fourth-order valence-corrected chi connectivity index (χ4v) is 2.96. The monoisotopic (exact) mass is 240 g/mol. The van der Waals surface area contributed by atoms with Gasteiger partial charge in [0.1, 0.15) is 0 Å². The van der Waals surface area contributed by atoms with E-state index in [1.165, 1.54) is 19.3 Å². The molecule has 0 aromatic rings. The molecule has 1 aliphatic heterocycles. The van der Waals surface area contributed by atoms with Gasteiger partial charge in [0.25, 0.3) is 0 Å². The van der Waals surface area contributed by atoms with Crippen LogP contribution in [-0.4, -0.2) is 42.6 Å². The molecular formula is C13H24N2O2. The van der Waals surface area contributed by atoms with E-state index in [4.69, 9.17) is 10.5 Å². The van der Waals surface area contributed by atoms with Crippen molar-refractivity contribution in [2.45, 2.75) is 51.2 Å². The second-order valence-corrected chi connectivity index (χ2v) is 5.38. The molecule has 4 heteroatoms. The number of rotatable bonds is 2. The molecule has 1 aliphatic carbocycles. The molecule has 1 saturated heterocycles. The Morgan fingerprint density at radius 3 is 2.65 bits per heavy atom. The largest absolute Gasteiger partial charge is 0.370 e. The summed E-state index contributed by atoms with van der Waals surface area (Å²) in [5.74, 6) is 0.589. The number of carbonyl (C=O) groups is 1. The quantitative estimate of drug-likeness (QED) is 0.787. The Morgan fingerprint density at radius 2 is 2.00 bits per heavy atom. The Balaban J connectivity index is 1.93. The SMILES string of the molecule is CC1CN(C(=O)C2CCCCC2)CC(CN)O1. The van der Waals surface area contributed by atoms with Crippen molar-refractivity contribution >= 4 is 5.91 Å². The number of ether oxygens (including phenoxy) is 1. The first kappa shape index (κ1) is 12.8. The first-order chi connectivity index (χ1) is 8.20. The van der Waals surface area contributed by atoms with Crippen LogP contribution in [0, 0.1) is 5.92 Å². The summed E-state index contributed by atoms with van der Waals surface area (Å²) in [6.07, 6.45) is 5.97. The van der Waals surface area contributed by atoms with Crippen molar-refractivity contribution in [2.24, 2.45) is 11.7 Å². The summed E-state index contributed by atoms with van der Waals surface area (Å²) in [7, 11) is 0. The highest BCUT2D eigenvalue weighted by Crippen LogP contribution is 2.26. The van der Waals surface area contributed by atoms with Gasteiger partial charge in [-0.3, -0.25) is 4.79 Å². The molecule has 0 aromatic heterocycles. The second kappa shape index (κ2) is 5.83. The normalized spacial score (nSPS) is 31.5. The predicted molar refractivity (Wildman–Crippen MR) is 66.5 cm³/mol. The molecule has 2 fully saturated rings. The standard InChI is InChI=1S/C13H24N2O2/c1-10-8-15(9-12(7-14)17-10)13(16)11-5-3-2-4-6-11/h10-12H,2-9,14H2,1H3. The topological polar surface area (TPSA) is 55.6 Å². The first-order valence-corrected chi connectivity index (χ1v) is 6.85. The minimum absolute atomic E-state index is 0.0197. The first-order valence-electron chi connectivity index (χ1n) is 6.85. The molecule has 2 aliphatic rings. The summed E-state index contributed by atoms with van der Waals surface area (Å²) in [5.41, 5.74) is 5.64. The van der Waals surface area contributed by atoms with Gasteiger partial charge in [-0.1, -0.05) is 19.3 Å². The maximum Gasteiger partial charge on any atom is 0.225 e. The average Bonchev–Trinajstić information content (AvgIpc) is 2.38. The Hall–Kier alpha value is -0.610. The summed E-state index contributed by atoms with van der Waals surface area (Å²) < 4.78 is 5.68. The number of hydrogen-bond donors (Lipinski definition) is 1. The van der Waals surface area contributed by atoms with Crippen LogP contribution in [0.4, 0.5) is 0 Å². The van der Waals surface area contributed by atoms with Crippen molar-refractivity contribution < 1.29 is 9.53 Å². The third kappa shape index (κ3) is 3.19. The highest BCUT2D eigenvalue weighted by atomic mass is 16.5. The van der Waals surface area contributed by atoms with Gasteiger partial charge in [-0.05, 0) is 19.8 Å². The molecule has 17 heavy (non-hydrogen) atoms. The fraction of sp³-hybridized carbons (Fsp3) is 0.923. The number of hydrogen-bond acceptors (Lipinski definition) is 3. The van der Waals surface area contributed by atoms with E-state index in [9.17, 15) is 4.79 Å². The third-order valence-electron chi connectivity index (χ3n) is 3.86. The molecule has 1 amide bonds. The van der Waals surface area contributed by atoms with Gasteiger partial charge in [-0.25, -0.2) is 0 Å². The zero-order valence-corrected chi connectivity index (χ0v) is 10.7. The van der Waals surface area contributed by atoms with Crippen LogP contribution in [0.15, 0.2) is 0 Å². The number of nitrogens with zero attached hydrogens (tertiary/aromatic N) is 1. The highest BCUT2D eigenvalue weighted by Gasteiger charge is 2.31. The van der Waals surface area contributed by atoms with Crippen LogP contribution in [0.25, 0.3) is 0 Å². The summed E-state index contributed by atoms with van der Waals surface area (Å²) in [5, 5.41) is 0. The van der Waals surface area contributed by atoms with Crippen LogP contribution >= 0.6 is 0 Å². The lowest BCUT2D eigenvalue weighted by Crippen LogP contribution is -2.53. The molecule has 0 bridgehead atoms. The molecule has 0 spiro atoms. The summed E-state index contributed by atoms with van der Waals surface area (Å²) in [4.78, 5) is 14.4. The van der Waals surface area contributed by atoms with Gasteiger partial charge in [0.2, 0.25) is 5.91 Å². The van der Waals surface area contributed by atoms with E-state index in [1.807, 2.05) is 11.8 Å². The third-order valence-corrected chi connectivity index (χ3v) is 3.86. The van der Waals surface area contributed by atoms with E-state index in [1.54, 1.807) is 0 Å². The van der Waals surface area contributed by atoms with Crippen molar-refractivity contribution in [3.05, 3.63) is 0 Å². The van der Waals surface area contributed by atoms with Gasteiger partial charge in [0.15, 0.2) is 0 Å². The van der Waals surface area contributed by atoms with Crippen molar-refractivity contribution in [3.63, 3.8) is 0 Å². The molecule has 1 saturated carbocycles. The summed E-state index contributed by atoms with van der Waals surface area (Å²) >= 11 is 0. The van der Waals surface area contributed by atoms with E-state index in [0.717, 1.165) is 19.4 Å². The van der Waals surface area contributed by atoms with E-state index in [2.05, 4.69) is 0 Å². The van der Waals surface area contributed by atoms with E-state index in [-0.39, 0.29) is 18.1 Å². The molecular weight excluding hydrogens is 216 g/mol. The lowest BCUT2D eigenvalue weighted by Gasteiger charge is -2.38. The minimum Gasteiger partial charge on any atom is -0.370 e. The zero-order valence-electron chi connectivity index (χ0n) is 10.7. The number of morpholine rings is 1. The molecule has 0 aromatic carbocycles. The maximum atomic E-state index is 12.4. The molecule has 2 atom stereocenters. The molecule has 1 heterocycles. The lowest BCUT2D eigenvalue weighted by molar-refractivity contribution is -0.148. The lowest BCUT2D eigenvalue weighted by atomic mass is 9.88. The van der Waals surface area contributed by atoms with Crippen molar-refractivity contribution in [2.75, 3.05) is 19.6 Å². The van der Waals surface area contributed by atoms with E-state index >= 15 is 0 Å². The van der Waals surface area contributed by atoms with E-state index < -0.39 is 0 Å². The van der Waals surface area contributed by atoms with Crippen molar-refractivity contribution in [1.29, 1.82) is 0 Å². The Kier molecular flexibility index (Phi) is 4.40. The Bertz CT molecular complexity index is 264. The molecule has 2 unspecified atom stereocenters. The Labute approximate surface area is 103 Å². The molecule has 2 rings (SSSR count). The number of nitrogens with two attached hydrogens (primary N) is 1. The van der Waals surface area contributed by atoms with Crippen molar-refractivity contribution in [1.82, 2.24) is 4.90 Å². The van der Waals surface area contributed by atoms with Crippen LogP contribution in [0.5, 0.6) is 0 Å². The van der Waals surface area contributed by atoms with Gasteiger partial charge >= 0.3 is 0 Å². The number of amides is 1. The highest BCUT2D eigenvalue weighted by molar-refractivity contribution is 5.79. The fourth-order valence-electron chi connectivity index (χ4n) is 2.96. The van der Waals surface area contributed by atoms with E-state index in [0.29, 0.717) is 19.0 Å². The van der Waals surface area contributed by atoms with Gasteiger partial charge in [0.05, 0.1) is 12.2 Å². The smallest absolute Gasteiger partial charge is 0.225 e. The van der Waals surface area contributed by atoms with Crippen LogP contribution in [0.2, 0.25) is 0 Å².